The average Bonchev–Trinajstić information content (AvgIpc) is 2.14. The molecule has 1 heterocycles. The van der Waals surface area contributed by atoms with Crippen LogP contribution in [0.3, 0.4) is 0 Å². The fourth-order valence-corrected chi connectivity index (χ4v) is 1.44. The van der Waals surface area contributed by atoms with E-state index in [9.17, 15) is 0 Å². The van der Waals surface area contributed by atoms with E-state index in [1.54, 1.807) is 6.07 Å². The van der Waals surface area contributed by atoms with Crippen molar-refractivity contribution in [2.45, 2.75) is 18.5 Å². The third-order valence-electron chi connectivity index (χ3n) is 1.41. The zero-order valence-corrected chi connectivity index (χ0v) is 9.24. The number of aromatic nitrogens is 2. The Morgan fingerprint density at radius 2 is 2.31 bits per heavy atom. The van der Waals surface area contributed by atoms with Crippen molar-refractivity contribution in [3.63, 3.8) is 0 Å². The predicted molar refractivity (Wildman–Crippen MR) is 57.6 cm³/mol. The summed E-state index contributed by atoms with van der Waals surface area (Å²) in [5, 5.41) is 4.35. The molecule has 0 saturated heterocycles. The molecule has 0 aliphatic rings. The van der Waals surface area contributed by atoms with Crippen molar-refractivity contribution < 1.29 is 0 Å². The number of hydrogen-bond acceptors (Lipinski definition) is 4. The number of thioether (sulfide) groups is 1. The maximum Gasteiger partial charge on any atom is 0.190 e. The Bertz CT molecular complexity index is 280. The summed E-state index contributed by atoms with van der Waals surface area (Å²) in [4.78, 5) is 8.28. The molecule has 1 aromatic heterocycles. The van der Waals surface area contributed by atoms with E-state index in [0.29, 0.717) is 10.3 Å². The number of halogens is 1. The Balaban J connectivity index is 2.76. The summed E-state index contributed by atoms with van der Waals surface area (Å²) in [6.45, 7) is 3.01. The number of hydrogen-bond donors (Lipinski definition) is 1. The largest absolute Gasteiger partial charge is 0.370 e. The van der Waals surface area contributed by atoms with E-state index in [-0.39, 0.29) is 0 Å². The highest BCUT2D eigenvalue weighted by molar-refractivity contribution is 7.98. The van der Waals surface area contributed by atoms with Crippen LogP contribution in [0.2, 0.25) is 5.15 Å². The van der Waals surface area contributed by atoms with Crippen molar-refractivity contribution in [3.05, 3.63) is 11.2 Å². The first kappa shape index (κ1) is 10.6. The summed E-state index contributed by atoms with van der Waals surface area (Å²) in [6.07, 6.45) is 2.99. The third kappa shape index (κ3) is 3.40. The second-order valence-electron chi connectivity index (χ2n) is 2.49. The van der Waals surface area contributed by atoms with Crippen LogP contribution >= 0.6 is 23.4 Å². The lowest BCUT2D eigenvalue weighted by molar-refractivity contribution is 0.927. The molecule has 0 aromatic carbocycles. The average molecular weight is 218 g/mol. The maximum atomic E-state index is 5.80. The predicted octanol–water partition coefficient (Wildman–Crippen LogP) is 2.67. The molecule has 72 valence electrons. The number of anilines is 1. The fraction of sp³-hybridized carbons (Fsp3) is 0.500. The lowest BCUT2D eigenvalue weighted by atomic mass is 10.4. The Hall–Kier alpha value is -0.480. The van der Waals surface area contributed by atoms with E-state index in [1.165, 1.54) is 11.8 Å². The van der Waals surface area contributed by atoms with Crippen molar-refractivity contribution in [2.75, 3.05) is 18.1 Å². The highest BCUT2D eigenvalue weighted by atomic mass is 35.5. The third-order valence-corrected chi connectivity index (χ3v) is 2.15. The van der Waals surface area contributed by atoms with Gasteiger partial charge in [-0.05, 0) is 12.7 Å². The van der Waals surface area contributed by atoms with E-state index >= 15 is 0 Å². The van der Waals surface area contributed by atoms with Gasteiger partial charge in [0.05, 0.1) is 0 Å². The Kier molecular flexibility index (Phi) is 4.32. The quantitative estimate of drug-likeness (QED) is 0.478. The molecule has 0 bridgehead atoms. The Morgan fingerprint density at radius 1 is 1.54 bits per heavy atom. The molecule has 0 spiro atoms. The molecule has 1 aromatic rings. The molecule has 0 fully saturated rings. The summed E-state index contributed by atoms with van der Waals surface area (Å²) in [6, 6.07) is 1.73. The lowest BCUT2D eigenvalue weighted by Gasteiger charge is -2.04. The molecule has 0 radical (unpaired) electrons. The highest BCUT2D eigenvalue weighted by Gasteiger charge is 2.00. The second kappa shape index (κ2) is 5.29. The molecule has 0 aliphatic heterocycles. The van der Waals surface area contributed by atoms with Crippen LogP contribution in [-0.4, -0.2) is 22.8 Å². The van der Waals surface area contributed by atoms with Gasteiger partial charge in [0.1, 0.15) is 11.0 Å². The minimum atomic E-state index is 0.484. The van der Waals surface area contributed by atoms with Crippen molar-refractivity contribution in [1.82, 2.24) is 9.97 Å². The zero-order valence-electron chi connectivity index (χ0n) is 7.67. The maximum absolute atomic E-state index is 5.80. The van der Waals surface area contributed by atoms with Gasteiger partial charge in [-0.15, -0.1) is 0 Å². The van der Waals surface area contributed by atoms with Crippen molar-refractivity contribution in [3.8, 4) is 0 Å². The van der Waals surface area contributed by atoms with Gasteiger partial charge < -0.3 is 5.32 Å². The molecule has 0 aliphatic carbocycles. The molecule has 5 heteroatoms. The molecule has 13 heavy (non-hydrogen) atoms. The molecule has 0 unspecified atom stereocenters. The van der Waals surface area contributed by atoms with Crippen LogP contribution in [0.15, 0.2) is 11.2 Å². The minimum Gasteiger partial charge on any atom is -0.370 e. The zero-order chi connectivity index (χ0) is 9.68. The van der Waals surface area contributed by atoms with Gasteiger partial charge in [-0.2, -0.15) is 0 Å². The van der Waals surface area contributed by atoms with E-state index < -0.39 is 0 Å². The van der Waals surface area contributed by atoms with E-state index in [4.69, 9.17) is 11.6 Å². The van der Waals surface area contributed by atoms with Gasteiger partial charge in [-0.3, -0.25) is 0 Å². The minimum absolute atomic E-state index is 0.484. The summed E-state index contributed by atoms with van der Waals surface area (Å²) in [7, 11) is 0. The molecule has 3 nitrogen and oxygen atoms in total. The molecule has 0 amide bonds. The van der Waals surface area contributed by atoms with E-state index in [0.717, 1.165) is 18.8 Å². The first-order valence-electron chi connectivity index (χ1n) is 4.08. The Morgan fingerprint density at radius 3 is 2.92 bits per heavy atom. The topological polar surface area (TPSA) is 37.8 Å². The second-order valence-corrected chi connectivity index (χ2v) is 3.65. The first-order chi connectivity index (χ1) is 6.26. The number of rotatable bonds is 4. The van der Waals surface area contributed by atoms with Gasteiger partial charge >= 0.3 is 0 Å². The van der Waals surface area contributed by atoms with Gasteiger partial charge in [0.15, 0.2) is 5.16 Å². The normalized spacial score (nSPS) is 10.1. The van der Waals surface area contributed by atoms with Crippen molar-refractivity contribution in [1.29, 1.82) is 0 Å². The van der Waals surface area contributed by atoms with Gasteiger partial charge in [0.2, 0.25) is 0 Å². The van der Waals surface area contributed by atoms with Crippen LogP contribution in [-0.2, 0) is 0 Å². The van der Waals surface area contributed by atoms with Crippen LogP contribution < -0.4 is 5.32 Å². The fourth-order valence-electron chi connectivity index (χ4n) is 0.832. The molecule has 0 atom stereocenters. The number of nitrogens with zero attached hydrogens (tertiary/aromatic N) is 2. The molecular weight excluding hydrogens is 206 g/mol. The van der Waals surface area contributed by atoms with Gasteiger partial charge in [0, 0.05) is 12.6 Å². The highest BCUT2D eigenvalue weighted by Crippen LogP contribution is 2.16. The van der Waals surface area contributed by atoms with Crippen LogP contribution in [0.25, 0.3) is 0 Å². The molecule has 1 rings (SSSR count). The van der Waals surface area contributed by atoms with Crippen LogP contribution in [0.1, 0.15) is 13.3 Å². The van der Waals surface area contributed by atoms with Crippen LogP contribution in [0, 0.1) is 0 Å². The molecule has 1 N–H and O–H groups in total. The smallest absolute Gasteiger partial charge is 0.190 e. The van der Waals surface area contributed by atoms with Gasteiger partial charge in [0.25, 0.3) is 0 Å². The standard InChI is InChI=1S/C8H12ClN3S/c1-3-4-10-7-5-6(9)11-8(12-7)13-2/h5H,3-4H2,1-2H3,(H,10,11,12). The van der Waals surface area contributed by atoms with Gasteiger partial charge in [-0.25, -0.2) is 9.97 Å². The first-order valence-corrected chi connectivity index (χ1v) is 5.69. The van der Waals surface area contributed by atoms with E-state index in [2.05, 4.69) is 22.2 Å². The lowest BCUT2D eigenvalue weighted by Crippen LogP contribution is -2.03. The summed E-state index contributed by atoms with van der Waals surface area (Å²) < 4.78 is 0. The number of nitrogens with one attached hydrogen (secondary N) is 1. The molecule has 0 saturated carbocycles. The summed E-state index contributed by atoms with van der Waals surface area (Å²) >= 11 is 7.29. The monoisotopic (exact) mass is 217 g/mol. The summed E-state index contributed by atoms with van der Waals surface area (Å²) in [5.74, 6) is 0.797. The SMILES string of the molecule is CCCNc1cc(Cl)nc(SC)n1. The summed E-state index contributed by atoms with van der Waals surface area (Å²) in [5.41, 5.74) is 0. The molecular formula is C8H12ClN3S. The van der Waals surface area contributed by atoms with Crippen LogP contribution in [0.4, 0.5) is 5.82 Å². The van der Waals surface area contributed by atoms with E-state index in [1.807, 2.05) is 6.26 Å². The van der Waals surface area contributed by atoms with Crippen LogP contribution in [0.5, 0.6) is 0 Å². The van der Waals surface area contributed by atoms with Crippen molar-refractivity contribution in [2.24, 2.45) is 0 Å². The Labute approximate surface area is 87.3 Å². The van der Waals surface area contributed by atoms with Gasteiger partial charge in [-0.1, -0.05) is 30.3 Å². The van der Waals surface area contributed by atoms with Crippen molar-refractivity contribution >= 4 is 29.2 Å².